The summed E-state index contributed by atoms with van der Waals surface area (Å²) in [6, 6.07) is 9.43. The summed E-state index contributed by atoms with van der Waals surface area (Å²) in [5, 5.41) is 3.33. The van der Waals surface area contributed by atoms with Gasteiger partial charge in [-0.3, -0.25) is 0 Å². The molecular formula is C14H23NS. The second kappa shape index (κ2) is 6.97. The van der Waals surface area contributed by atoms with Crippen molar-refractivity contribution in [3.8, 4) is 0 Å². The average molecular weight is 237 g/mol. The third-order valence-electron chi connectivity index (χ3n) is 3.29. The van der Waals surface area contributed by atoms with E-state index < -0.39 is 0 Å². The van der Waals surface area contributed by atoms with E-state index >= 15 is 0 Å². The Hall–Kier alpha value is -0.470. The Morgan fingerprint density at radius 2 is 1.75 bits per heavy atom. The molecule has 0 bridgehead atoms. The smallest absolute Gasteiger partial charge is 0.0325 e. The topological polar surface area (TPSA) is 12.0 Å². The van der Waals surface area contributed by atoms with Crippen molar-refractivity contribution in [1.29, 1.82) is 0 Å². The van der Waals surface area contributed by atoms with E-state index in [2.05, 4.69) is 56.1 Å². The fraction of sp³-hybridized carbons (Fsp3) is 0.571. The van der Waals surface area contributed by atoms with Gasteiger partial charge < -0.3 is 5.32 Å². The van der Waals surface area contributed by atoms with Crippen molar-refractivity contribution in [2.45, 2.75) is 38.6 Å². The molecule has 0 saturated carbocycles. The van der Waals surface area contributed by atoms with Crippen LogP contribution in [0.5, 0.6) is 0 Å². The first-order valence-electron chi connectivity index (χ1n) is 6.10. The molecule has 2 unspecified atom stereocenters. The van der Waals surface area contributed by atoms with Gasteiger partial charge in [0.05, 0.1) is 0 Å². The Morgan fingerprint density at radius 3 is 2.19 bits per heavy atom. The van der Waals surface area contributed by atoms with Crippen LogP contribution in [0.3, 0.4) is 0 Å². The summed E-state index contributed by atoms with van der Waals surface area (Å²) in [4.78, 5) is 0. The highest BCUT2D eigenvalue weighted by atomic mass is 32.1. The zero-order chi connectivity index (χ0) is 12.0. The predicted molar refractivity (Wildman–Crippen MR) is 75.4 cm³/mol. The van der Waals surface area contributed by atoms with Crippen molar-refractivity contribution < 1.29 is 0 Å². The molecule has 90 valence electrons. The number of benzene rings is 1. The molecule has 0 spiro atoms. The summed E-state index contributed by atoms with van der Waals surface area (Å²) in [5.41, 5.74) is 2.80. The molecule has 0 amide bonds. The Morgan fingerprint density at radius 1 is 1.19 bits per heavy atom. The molecule has 16 heavy (non-hydrogen) atoms. The maximum atomic E-state index is 4.29. The molecule has 1 rings (SSSR count). The van der Waals surface area contributed by atoms with Gasteiger partial charge in [-0.05, 0) is 42.7 Å². The first kappa shape index (κ1) is 13.6. The molecule has 0 aliphatic heterocycles. The maximum Gasteiger partial charge on any atom is 0.0325 e. The molecule has 1 N–H and O–H groups in total. The van der Waals surface area contributed by atoms with Gasteiger partial charge in [0, 0.05) is 6.04 Å². The normalized spacial score (nSPS) is 14.8. The van der Waals surface area contributed by atoms with Crippen LogP contribution in [0.25, 0.3) is 0 Å². The first-order valence-corrected chi connectivity index (χ1v) is 6.74. The van der Waals surface area contributed by atoms with Gasteiger partial charge in [-0.25, -0.2) is 0 Å². The highest BCUT2D eigenvalue weighted by molar-refractivity contribution is 7.80. The second-order valence-electron chi connectivity index (χ2n) is 4.33. The maximum absolute atomic E-state index is 4.29. The minimum Gasteiger partial charge on any atom is -0.313 e. The van der Waals surface area contributed by atoms with E-state index in [1.54, 1.807) is 0 Å². The highest BCUT2D eigenvalue weighted by Gasteiger charge is 2.08. The largest absolute Gasteiger partial charge is 0.313 e. The molecule has 0 fully saturated rings. The van der Waals surface area contributed by atoms with Crippen molar-refractivity contribution in [2.75, 3.05) is 12.8 Å². The zero-order valence-corrected chi connectivity index (χ0v) is 11.4. The first-order chi connectivity index (χ1) is 7.72. The Balaban J connectivity index is 2.76. The lowest BCUT2D eigenvalue weighted by Crippen LogP contribution is -2.16. The molecule has 0 aliphatic carbocycles. The Bertz CT molecular complexity index is 294. The molecule has 0 aromatic heterocycles. The molecule has 0 radical (unpaired) electrons. The van der Waals surface area contributed by atoms with Gasteiger partial charge in [-0.1, -0.05) is 38.1 Å². The van der Waals surface area contributed by atoms with Crippen LogP contribution in [0.15, 0.2) is 24.3 Å². The summed E-state index contributed by atoms with van der Waals surface area (Å²) in [7, 11) is 2.01. The van der Waals surface area contributed by atoms with Crippen molar-refractivity contribution in [2.24, 2.45) is 0 Å². The lowest BCUT2D eigenvalue weighted by atomic mass is 9.95. The van der Waals surface area contributed by atoms with Gasteiger partial charge in [0.2, 0.25) is 0 Å². The van der Waals surface area contributed by atoms with E-state index in [-0.39, 0.29) is 0 Å². The number of nitrogens with one attached hydrogen (secondary N) is 1. The SMILES string of the molecule is CCC(C)c1ccc(C(CCS)NC)cc1. The second-order valence-corrected chi connectivity index (χ2v) is 4.78. The Labute approximate surface area is 105 Å². The molecule has 1 aromatic carbocycles. The van der Waals surface area contributed by atoms with Gasteiger partial charge >= 0.3 is 0 Å². The minimum absolute atomic E-state index is 0.434. The zero-order valence-electron chi connectivity index (χ0n) is 10.5. The van der Waals surface area contributed by atoms with Gasteiger partial charge in [0.15, 0.2) is 0 Å². The fourth-order valence-corrected chi connectivity index (χ4v) is 2.16. The summed E-state index contributed by atoms with van der Waals surface area (Å²) in [5.74, 6) is 1.57. The van der Waals surface area contributed by atoms with E-state index in [0.717, 1.165) is 12.2 Å². The molecular weight excluding hydrogens is 214 g/mol. The summed E-state index contributed by atoms with van der Waals surface area (Å²) in [6.45, 7) is 4.51. The van der Waals surface area contributed by atoms with Gasteiger partial charge in [-0.15, -0.1) is 0 Å². The van der Waals surface area contributed by atoms with Crippen molar-refractivity contribution in [3.63, 3.8) is 0 Å². The van der Waals surface area contributed by atoms with Crippen molar-refractivity contribution in [3.05, 3.63) is 35.4 Å². The van der Waals surface area contributed by atoms with Crippen LogP contribution < -0.4 is 5.32 Å². The number of hydrogen-bond acceptors (Lipinski definition) is 2. The van der Waals surface area contributed by atoms with Crippen LogP contribution in [0.2, 0.25) is 0 Å². The summed E-state index contributed by atoms with van der Waals surface area (Å²) in [6.07, 6.45) is 2.27. The van der Waals surface area contributed by atoms with E-state index in [1.807, 2.05) is 7.05 Å². The predicted octanol–water partition coefficient (Wildman–Crippen LogP) is 3.78. The van der Waals surface area contributed by atoms with Crippen LogP contribution in [0.1, 0.15) is 49.8 Å². The average Bonchev–Trinajstić information content (AvgIpc) is 2.35. The van der Waals surface area contributed by atoms with Crippen LogP contribution >= 0.6 is 12.6 Å². The molecule has 2 heteroatoms. The molecule has 0 saturated heterocycles. The van der Waals surface area contributed by atoms with Crippen LogP contribution in [-0.4, -0.2) is 12.8 Å². The van der Waals surface area contributed by atoms with Crippen molar-refractivity contribution in [1.82, 2.24) is 5.32 Å². The van der Waals surface area contributed by atoms with Gasteiger partial charge in [0.1, 0.15) is 0 Å². The summed E-state index contributed by atoms with van der Waals surface area (Å²) < 4.78 is 0. The van der Waals surface area contributed by atoms with Gasteiger partial charge in [-0.2, -0.15) is 12.6 Å². The molecule has 1 aromatic rings. The van der Waals surface area contributed by atoms with Crippen LogP contribution in [-0.2, 0) is 0 Å². The third kappa shape index (κ3) is 3.53. The molecule has 1 nitrogen and oxygen atoms in total. The van der Waals surface area contributed by atoms with Crippen molar-refractivity contribution >= 4 is 12.6 Å². The lowest BCUT2D eigenvalue weighted by Gasteiger charge is -2.17. The minimum atomic E-state index is 0.434. The molecule has 0 aliphatic rings. The molecule has 0 heterocycles. The van der Waals surface area contributed by atoms with Crippen LogP contribution in [0, 0.1) is 0 Å². The fourth-order valence-electron chi connectivity index (χ4n) is 1.90. The Kier molecular flexibility index (Phi) is 5.93. The summed E-state index contributed by atoms with van der Waals surface area (Å²) >= 11 is 4.29. The van der Waals surface area contributed by atoms with Gasteiger partial charge in [0.25, 0.3) is 0 Å². The van der Waals surface area contributed by atoms with E-state index in [4.69, 9.17) is 0 Å². The lowest BCUT2D eigenvalue weighted by molar-refractivity contribution is 0.581. The number of hydrogen-bond donors (Lipinski definition) is 2. The quantitative estimate of drug-likeness (QED) is 0.718. The number of thiol groups is 1. The number of rotatable bonds is 6. The van der Waals surface area contributed by atoms with E-state index in [9.17, 15) is 0 Å². The van der Waals surface area contributed by atoms with Crippen LogP contribution in [0.4, 0.5) is 0 Å². The van der Waals surface area contributed by atoms with E-state index in [0.29, 0.717) is 12.0 Å². The third-order valence-corrected chi connectivity index (χ3v) is 3.54. The standard InChI is InChI=1S/C14H23NS/c1-4-11(2)12-5-7-13(8-6-12)14(15-3)9-10-16/h5-8,11,14-16H,4,9-10H2,1-3H3. The monoisotopic (exact) mass is 237 g/mol. The molecule has 2 atom stereocenters. The van der Waals surface area contributed by atoms with E-state index in [1.165, 1.54) is 17.5 Å². The highest BCUT2D eigenvalue weighted by Crippen LogP contribution is 2.22.